The summed E-state index contributed by atoms with van der Waals surface area (Å²) < 4.78 is 5.13. The normalized spacial score (nSPS) is 13.0. The molecule has 124 valence electrons. The van der Waals surface area contributed by atoms with Crippen molar-refractivity contribution >= 4 is 17.9 Å². The van der Waals surface area contributed by atoms with E-state index in [4.69, 9.17) is 4.74 Å². The number of esters is 1. The van der Waals surface area contributed by atoms with Gasteiger partial charge in [-0.3, -0.25) is 9.98 Å². The molecule has 1 unspecified atom stereocenters. The average molecular weight is 322 g/mol. The maximum absolute atomic E-state index is 12.2. The Labute approximate surface area is 142 Å². The molecule has 2 aromatic rings. The summed E-state index contributed by atoms with van der Waals surface area (Å²) in [5.74, 6) is -0.376. The predicted octanol–water partition coefficient (Wildman–Crippen LogP) is 3.70. The molecule has 1 atom stereocenters. The summed E-state index contributed by atoms with van der Waals surface area (Å²) in [6.07, 6.45) is 1.68. The zero-order chi connectivity index (χ0) is 17.2. The highest BCUT2D eigenvalue weighted by Crippen LogP contribution is 2.06. The third kappa shape index (κ3) is 5.47. The number of benzene rings is 2. The average Bonchev–Trinajstić information content (AvgIpc) is 2.62. The molecule has 0 N–H and O–H groups in total. The topological polar surface area (TPSA) is 51.0 Å². The van der Waals surface area contributed by atoms with E-state index in [1.165, 1.54) is 0 Å². The van der Waals surface area contributed by atoms with E-state index >= 15 is 0 Å². The quantitative estimate of drug-likeness (QED) is 0.576. The first-order chi connectivity index (χ1) is 11.7. The molecule has 4 heteroatoms. The highest BCUT2D eigenvalue weighted by Gasteiger charge is 2.21. The van der Waals surface area contributed by atoms with Gasteiger partial charge in [0, 0.05) is 11.9 Å². The summed E-state index contributed by atoms with van der Waals surface area (Å²) in [5.41, 5.74) is 2.67. The lowest BCUT2D eigenvalue weighted by Gasteiger charge is -2.11. The summed E-state index contributed by atoms with van der Waals surface area (Å²) in [6.45, 7) is 4.44. The van der Waals surface area contributed by atoms with Gasteiger partial charge >= 0.3 is 5.97 Å². The molecule has 2 rings (SSSR count). The maximum Gasteiger partial charge on any atom is 0.336 e. The van der Waals surface area contributed by atoms with E-state index in [1.807, 2.05) is 67.6 Å². The largest absolute Gasteiger partial charge is 0.464 e. The van der Waals surface area contributed by atoms with Gasteiger partial charge in [0.1, 0.15) is 0 Å². The van der Waals surface area contributed by atoms with Gasteiger partial charge in [-0.2, -0.15) is 0 Å². The highest BCUT2D eigenvalue weighted by molar-refractivity contribution is 6.06. The Morgan fingerprint density at radius 1 is 1.08 bits per heavy atom. The number of hydrogen-bond acceptors (Lipinski definition) is 4. The molecule has 0 aliphatic carbocycles. The van der Waals surface area contributed by atoms with Gasteiger partial charge in [-0.25, -0.2) is 4.79 Å². The fourth-order valence-electron chi connectivity index (χ4n) is 2.15. The number of hydrogen-bond donors (Lipinski definition) is 0. The molecule has 0 radical (unpaired) electrons. The van der Waals surface area contributed by atoms with Crippen LogP contribution in [0.25, 0.3) is 0 Å². The number of rotatable bonds is 7. The van der Waals surface area contributed by atoms with Gasteiger partial charge < -0.3 is 4.74 Å². The molecule has 0 fully saturated rings. The van der Waals surface area contributed by atoms with E-state index in [0.29, 0.717) is 18.9 Å². The number of nitrogens with zero attached hydrogens (tertiary/aromatic N) is 2. The summed E-state index contributed by atoms with van der Waals surface area (Å²) in [5, 5.41) is 0. The molecule has 0 amide bonds. The van der Waals surface area contributed by atoms with Crippen LogP contribution in [-0.4, -0.2) is 30.5 Å². The Morgan fingerprint density at radius 3 is 2.33 bits per heavy atom. The second-order valence-electron chi connectivity index (χ2n) is 5.29. The second kappa shape index (κ2) is 9.40. The van der Waals surface area contributed by atoms with E-state index in [1.54, 1.807) is 13.1 Å². The molecule has 0 saturated carbocycles. The molecule has 0 aromatic heterocycles. The zero-order valence-corrected chi connectivity index (χ0v) is 14.1. The lowest BCUT2D eigenvalue weighted by Crippen LogP contribution is -2.29. The van der Waals surface area contributed by atoms with Crippen LogP contribution in [0.3, 0.4) is 0 Å². The van der Waals surface area contributed by atoms with Gasteiger partial charge in [-0.1, -0.05) is 60.7 Å². The van der Waals surface area contributed by atoms with Crippen molar-refractivity contribution in [3.63, 3.8) is 0 Å². The number of carbonyl (C=O) groups is 1. The highest BCUT2D eigenvalue weighted by atomic mass is 16.5. The molecule has 0 bridgehead atoms. The van der Waals surface area contributed by atoms with Crippen LogP contribution in [0.2, 0.25) is 0 Å². The molecule has 24 heavy (non-hydrogen) atoms. The Hall–Kier alpha value is -2.75. The van der Waals surface area contributed by atoms with E-state index < -0.39 is 6.04 Å². The third-order valence-electron chi connectivity index (χ3n) is 3.43. The van der Waals surface area contributed by atoms with Crippen LogP contribution in [0.1, 0.15) is 25.0 Å². The van der Waals surface area contributed by atoms with E-state index in [9.17, 15) is 4.79 Å². The minimum Gasteiger partial charge on any atom is -0.464 e. The standard InChI is InChI=1S/C20H22N2O2/c1-3-24-20(23)19(22-15-18-12-8-5-9-13-18)16(2)21-14-17-10-6-4-7-11-17/h4-13,15,19H,3,14H2,1-2H3. The minimum absolute atomic E-state index is 0.322. The van der Waals surface area contributed by atoms with Crippen LogP contribution >= 0.6 is 0 Å². The molecule has 2 aromatic carbocycles. The molecule has 0 aliphatic heterocycles. The Morgan fingerprint density at radius 2 is 1.71 bits per heavy atom. The maximum atomic E-state index is 12.2. The van der Waals surface area contributed by atoms with Gasteiger partial charge in [-0.15, -0.1) is 0 Å². The lowest BCUT2D eigenvalue weighted by atomic mass is 10.2. The van der Waals surface area contributed by atoms with E-state index in [2.05, 4.69) is 9.98 Å². The fourth-order valence-corrected chi connectivity index (χ4v) is 2.15. The number of ether oxygens (including phenoxy) is 1. The molecular weight excluding hydrogens is 300 g/mol. The van der Waals surface area contributed by atoms with Crippen molar-refractivity contribution in [3.05, 3.63) is 71.8 Å². The van der Waals surface area contributed by atoms with Crippen molar-refractivity contribution in [2.24, 2.45) is 9.98 Å². The molecule has 0 saturated heterocycles. The molecule has 0 spiro atoms. The van der Waals surface area contributed by atoms with Crippen molar-refractivity contribution in [1.29, 1.82) is 0 Å². The zero-order valence-electron chi connectivity index (χ0n) is 14.1. The molecule has 0 aliphatic rings. The Bertz CT molecular complexity index is 694. The van der Waals surface area contributed by atoms with Crippen LogP contribution in [0.5, 0.6) is 0 Å². The van der Waals surface area contributed by atoms with Gasteiger partial charge in [0.2, 0.25) is 0 Å². The van der Waals surface area contributed by atoms with Gasteiger partial charge in [0.05, 0.1) is 13.2 Å². The minimum atomic E-state index is -0.714. The van der Waals surface area contributed by atoms with Crippen LogP contribution < -0.4 is 0 Å². The summed E-state index contributed by atoms with van der Waals surface area (Å²) in [4.78, 5) is 21.1. The van der Waals surface area contributed by atoms with Crippen molar-refractivity contribution in [2.75, 3.05) is 6.61 Å². The second-order valence-corrected chi connectivity index (χ2v) is 5.29. The van der Waals surface area contributed by atoms with Crippen molar-refractivity contribution in [1.82, 2.24) is 0 Å². The van der Waals surface area contributed by atoms with E-state index in [-0.39, 0.29) is 5.97 Å². The molecular formula is C20H22N2O2. The summed E-state index contributed by atoms with van der Waals surface area (Å²) in [7, 11) is 0. The van der Waals surface area contributed by atoms with Gasteiger partial charge in [0.25, 0.3) is 0 Å². The van der Waals surface area contributed by atoms with E-state index in [0.717, 1.165) is 11.1 Å². The lowest BCUT2D eigenvalue weighted by molar-refractivity contribution is -0.142. The summed E-state index contributed by atoms with van der Waals surface area (Å²) in [6, 6.07) is 18.9. The van der Waals surface area contributed by atoms with Crippen LogP contribution in [0.4, 0.5) is 0 Å². The Kier molecular flexibility index (Phi) is 6.90. The van der Waals surface area contributed by atoms with Crippen molar-refractivity contribution in [3.8, 4) is 0 Å². The third-order valence-corrected chi connectivity index (χ3v) is 3.43. The first kappa shape index (κ1) is 17.6. The van der Waals surface area contributed by atoms with Crippen LogP contribution in [0, 0.1) is 0 Å². The smallest absolute Gasteiger partial charge is 0.336 e. The summed E-state index contributed by atoms with van der Waals surface area (Å²) >= 11 is 0. The molecule has 4 nitrogen and oxygen atoms in total. The Balaban J connectivity index is 2.15. The SMILES string of the molecule is CCOC(=O)C(N=Cc1ccccc1)C(C)=NCc1ccccc1. The number of carbonyl (C=O) groups excluding carboxylic acids is 1. The first-order valence-electron chi connectivity index (χ1n) is 8.00. The number of aliphatic imine (C=N–C) groups is 2. The predicted molar refractivity (Wildman–Crippen MR) is 97.7 cm³/mol. The van der Waals surface area contributed by atoms with Crippen LogP contribution in [-0.2, 0) is 16.1 Å². The van der Waals surface area contributed by atoms with Gasteiger partial charge in [-0.05, 0) is 25.0 Å². The van der Waals surface area contributed by atoms with Crippen LogP contribution in [0.15, 0.2) is 70.6 Å². The van der Waals surface area contributed by atoms with Crippen molar-refractivity contribution < 1.29 is 9.53 Å². The van der Waals surface area contributed by atoms with Crippen molar-refractivity contribution in [2.45, 2.75) is 26.4 Å². The first-order valence-corrected chi connectivity index (χ1v) is 8.00. The molecule has 0 heterocycles. The van der Waals surface area contributed by atoms with Gasteiger partial charge in [0.15, 0.2) is 6.04 Å². The monoisotopic (exact) mass is 322 g/mol. The fraction of sp³-hybridized carbons (Fsp3) is 0.250.